The lowest BCUT2D eigenvalue weighted by molar-refractivity contribution is 0.184. The second kappa shape index (κ2) is 5.75. The standard InChI is InChI=1S/C15H18N4OS/c1-2-7-19-15(20)18-14-11(9-17-19)10(5-6-12(14)16)13-4-3-8-21-13/h3-6,8,17H,2,7,9,16H2,1H3,(H,18,20). The van der Waals surface area contributed by atoms with E-state index < -0.39 is 0 Å². The highest BCUT2D eigenvalue weighted by Gasteiger charge is 2.23. The number of anilines is 2. The largest absolute Gasteiger partial charge is 0.397 e. The van der Waals surface area contributed by atoms with Crippen molar-refractivity contribution < 1.29 is 4.79 Å². The maximum atomic E-state index is 12.2. The van der Waals surface area contributed by atoms with Crippen molar-refractivity contribution in [3.63, 3.8) is 0 Å². The molecule has 110 valence electrons. The van der Waals surface area contributed by atoms with Gasteiger partial charge in [-0.15, -0.1) is 11.3 Å². The van der Waals surface area contributed by atoms with Crippen LogP contribution in [0.3, 0.4) is 0 Å². The number of nitrogens with two attached hydrogens (primary N) is 1. The normalized spacial score (nSPS) is 14.5. The van der Waals surface area contributed by atoms with Crippen molar-refractivity contribution in [3.8, 4) is 10.4 Å². The number of thiophene rings is 1. The molecule has 0 spiro atoms. The SMILES string of the molecule is CCCN1NCc2c(-c3cccs3)ccc(N)c2NC1=O. The van der Waals surface area contributed by atoms with Crippen molar-refractivity contribution in [1.82, 2.24) is 10.4 Å². The van der Waals surface area contributed by atoms with Crippen LogP contribution in [-0.2, 0) is 6.54 Å². The highest BCUT2D eigenvalue weighted by Crippen LogP contribution is 2.36. The second-order valence-electron chi connectivity index (χ2n) is 4.95. The molecule has 2 heterocycles. The van der Waals surface area contributed by atoms with E-state index in [9.17, 15) is 4.79 Å². The Morgan fingerprint density at radius 2 is 2.24 bits per heavy atom. The van der Waals surface area contributed by atoms with E-state index in [4.69, 9.17) is 5.73 Å². The lowest BCUT2D eigenvalue weighted by atomic mass is 10.0. The van der Waals surface area contributed by atoms with Gasteiger partial charge in [-0.3, -0.25) is 5.01 Å². The van der Waals surface area contributed by atoms with E-state index in [1.807, 2.05) is 30.5 Å². The number of carbonyl (C=O) groups is 1. The first kappa shape index (κ1) is 13.9. The van der Waals surface area contributed by atoms with E-state index >= 15 is 0 Å². The molecule has 0 saturated carbocycles. The van der Waals surface area contributed by atoms with Gasteiger partial charge >= 0.3 is 6.03 Å². The molecule has 1 aliphatic rings. The van der Waals surface area contributed by atoms with Crippen LogP contribution in [0.2, 0.25) is 0 Å². The number of nitrogen functional groups attached to an aromatic ring is 1. The Labute approximate surface area is 127 Å². The summed E-state index contributed by atoms with van der Waals surface area (Å²) >= 11 is 1.68. The Morgan fingerprint density at radius 3 is 2.95 bits per heavy atom. The first-order valence-corrected chi connectivity index (χ1v) is 7.86. The number of rotatable bonds is 3. The number of urea groups is 1. The number of fused-ring (bicyclic) bond motifs is 1. The van der Waals surface area contributed by atoms with Crippen molar-refractivity contribution in [1.29, 1.82) is 0 Å². The average Bonchev–Trinajstić information content (AvgIpc) is 2.94. The van der Waals surface area contributed by atoms with Gasteiger partial charge in [0.05, 0.1) is 11.4 Å². The fraction of sp³-hybridized carbons (Fsp3) is 0.267. The van der Waals surface area contributed by atoms with Crippen LogP contribution in [0.15, 0.2) is 29.6 Å². The second-order valence-corrected chi connectivity index (χ2v) is 5.90. The summed E-state index contributed by atoms with van der Waals surface area (Å²) in [5, 5.41) is 6.59. The van der Waals surface area contributed by atoms with E-state index in [2.05, 4.69) is 16.8 Å². The molecule has 0 aliphatic carbocycles. The molecule has 1 aromatic carbocycles. The third-order valence-electron chi connectivity index (χ3n) is 3.50. The summed E-state index contributed by atoms with van der Waals surface area (Å²) < 4.78 is 0. The van der Waals surface area contributed by atoms with E-state index in [0.717, 1.165) is 23.2 Å². The quantitative estimate of drug-likeness (QED) is 0.762. The highest BCUT2D eigenvalue weighted by molar-refractivity contribution is 7.13. The Bertz CT molecular complexity index is 654. The van der Waals surface area contributed by atoms with Crippen molar-refractivity contribution in [2.45, 2.75) is 19.9 Å². The number of amides is 2. The number of carbonyl (C=O) groups excluding carboxylic acids is 1. The molecular formula is C15H18N4OS. The van der Waals surface area contributed by atoms with Gasteiger partial charge < -0.3 is 11.1 Å². The Balaban J connectivity index is 2.04. The predicted octanol–water partition coefficient (Wildman–Crippen LogP) is 3.26. The van der Waals surface area contributed by atoms with E-state index in [-0.39, 0.29) is 6.03 Å². The van der Waals surface area contributed by atoms with Gasteiger partial charge in [-0.25, -0.2) is 10.2 Å². The van der Waals surface area contributed by atoms with Gasteiger partial charge in [-0.1, -0.05) is 19.1 Å². The molecule has 3 rings (SSSR count). The predicted molar refractivity (Wildman–Crippen MR) is 87.0 cm³/mol. The summed E-state index contributed by atoms with van der Waals surface area (Å²) in [4.78, 5) is 13.4. The van der Waals surface area contributed by atoms with E-state index in [1.165, 1.54) is 4.88 Å². The van der Waals surface area contributed by atoms with E-state index in [0.29, 0.717) is 18.8 Å². The molecule has 5 nitrogen and oxygen atoms in total. The van der Waals surface area contributed by atoms with Gasteiger partial charge in [0.25, 0.3) is 0 Å². The molecule has 2 amide bonds. The molecule has 0 saturated heterocycles. The van der Waals surface area contributed by atoms with Gasteiger partial charge in [-0.2, -0.15) is 0 Å². The van der Waals surface area contributed by atoms with Crippen LogP contribution in [0, 0.1) is 0 Å². The molecule has 2 aromatic rings. The van der Waals surface area contributed by atoms with Crippen LogP contribution in [-0.4, -0.2) is 17.6 Å². The zero-order valence-electron chi connectivity index (χ0n) is 11.8. The molecule has 4 N–H and O–H groups in total. The summed E-state index contributed by atoms with van der Waals surface area (Å²) in [5.74, 6) is 0. The highest BCUT2D eigenvalue weighted by atomic mass is 32.1. The van der Waals surface area contributed by atoms with Gasteiger partial charge in [-0.05, 0) is 29.5 Å². The number of nitrogens with one attached hydrogen (secondary N) is 2. The molecule has 0 fully saturated rings. The zero-order chi connectivity index (χ0) is 14.8. The lowest BCUT2D eigenvalue weighted by Crippen LogP contribution is -2.43. The van der Waals surface area contributed by atoms with Crippen LogP contribution in [0.25, 0.3) is 10.4 Å². The summed E-state index contributed by atoms with van der Waals surface area (Å²) in [7, 11) is 0. The zero-order valence-corrected chi connectivity index (χ0v) is 12.7. The summed E-state index contributed by atoms with van der Waals surface area (Å²) in [6, 6.07) is 7.81. The van der Waals surface area contributed by atoms with Crippen molar-refractivity contribution in [2.75, 3.05) is 17.6 Å². The minimum atomic E-state index is -0.161. The number of nitrogens with zero attached hydrogens (tertiary/aromatic N) is 1. The smallest absolute Gasteiger partial charge is 0.336 e. The first-order chi connectivity index (χ1) is 10.2. The third kappa shape index (κ3) is 2.59. The van der Waals surface area contributed by atoms with Gasteiger partial charge in [0.2, 0.25) is 0 Å². The van der Waals surface area contributed by atoms with Gasteiger partial charge in [0, 0.05) is 23.5 Å². The minimum absolute atomic E-state index is 0.161. The fourth-order valence-electron chi connectivity index (χ4n) is 2.48. The van der Waals surface area contributed by atoms with Crippen molar-refractivity contribution >= 4 is 28.7 Å². The molecule has 1 aliphatic heterocycles. The number of hydrogen-bond acceptors (Lipinski definition) is 4. The fourth-order valence-corrected chi connectivity index (χ4v) is 3.26. The van der Waals surface area contributed by atoms with Gasteiger partial charge in [0.1, 0.15) is 0 Å². The Morgan fingerprint density at radius 1 is 1.38 bits per heavy atom. The lowest BCUT2D eigenvalue weighted by Gasteiger charge is -2.19. The van der Waals surface area contributed by atoms with Crippen molar-refractivity contribution in [2.24, 2.45) is 0 Å². The maximum absolute atomic E-state index is 12.2. The third-order valence-corrected chi connectivity index (χ3v) is 4.41. The van der Waals surface area contributed by atoms with Crippen LogP contribution < -0.4 is 16.5 Å². The molecule has 0 radical (unpaired) electrons. The van der Waals surface area contributed by atoms with E-state index in [1.54, 1.807) is 16.3 Å². The van der Waals surface area contributed by atoms with Crippen molar-refractivity contribution in [3.05, 3.63) is 35.2 Å². The summed E-state index contributed by atoms with van der Waals surface area (Å²) in [5.41, 5.74) is 12.7. The first-order valence-electron chi connectivity index (χ1n) is 6.98. The average molecular weight is 302 g/mol. The van der Waals surface area contributed by atoms with Crippen LogP contribution in [0.1, 0.15) is 18.9 Å². The summed E-state index contributed by atoms with van der Waals surface area (Å²) in [6.07, 6.45) is 0.893. The van der Waals surface area contributed by atoms with Crippen LogP contribution >= 0.6 is 11.3 Å². The monoisotopic (exact) mass is 302 g/mol. The molecule has 1 aromatic heterocycles. The number of benzene rings is 1. The molecule has 0 atom stereocenters. The number of hydrogen-bond donors (Lipinski definition) is 3. The summed E-state index contributed by atoms with van der Waals surface area (Å²) in [6.45, 7) is 3.28. The Hall–Kier alpha value is -2.05. The molecule has 6 heteroatoms. The maximum Gasteiger partial charge on any atom is 0.336 e. The van der Waals surface area contributed by atoms with Gasteiger partial charge in [0.15, 0.2) is 0 Å². The molecular weight excluding hydrogens is 284 g/mol. The molecule has 21 heavy (non-hydrogen) atoms. The molecule has 0 bridgehead atoms. The number of hydrazine groups is 1. The van der Waals surface area contributed by atoms with Crippen LogP contribution in [0.5, 0.6) is 0 Å². The Kier molecular flexibility index (Phi) is 3.81. The topological polar surface area (TPSA) is 70.4 Å². The molecule has 0 unspecified atom stereocenters. The van der Waals surface area contributed by atoms with Crippen LogP contribution in [0.4, 0.5) is 16.2 Å². The minimum Gasteiger partial charge on any atom is -0.397 e.